The Balaban J connectivity index is 2.02. The van der Waals surface area contributed by atoms with Crippen LogP contribution in [0.3, 0.4) is 0 Å². The first-order valence-corrected chi connectivity index (χ1v) is 6.81. The maximum absolute atomic E-state index is 5.98. The molecule has 1 heterocycles. The fraction of sp³-hybridized carbons (Fsp3) is 0.0667. The number of rotatable bonds is 2. The van der Waals surface area contributed by atoms with Crippen molar-refractivity contribution in [2.24, 2.45) is 0 Å². The normalized spacial score (nSPS) is 10.8. The Labute approximate surface area is 115 Å². The first-order chi connectivity index (χ1) is 9.22. The molecule has 0 fully saturated rings. The van der Waals surface area contributed by atoms with E-state index < -0.39 is 0 Å². The molecule has 1 aromatic heterocycles. The van der Waals surface area contributed by atoms with Gasteiger partial charge in [0.1, 0.15) is 5.82 Å². The topological polar surface area (TPSA) is 51.8 Å². The van der Waals surface area contributed by atoms with Gasteiger partial charge >= 0.3 is 0 Å². The van der Waals surface area contributed by atoms with Gasteiger partial charge in [0.25, 0.3) is 0 Å². The SMILES string of the molecule is Cc1cccc(Sc2nc(N)c3ccccc3n2)c1. The van der Waals surface area contributed by atoms with Crippen LogP contribution in [0.5, 0.6) is 0 Å². The van der Waals surface area contributed by atoms with Crippen LogP contribution in [0.2, 0.25) is 0 Å². The van der Waals surface area contributed by atoms with Crippen molar-refractivity contribution < 1.29 is 0 Å². The number of nitrogen functional groups attached to an aromatic ring is 1. The minimum absolute atomic E-state index is 0.528. The minimum Gasteiger partial charge on any atom is -0.383 e. The summed E-state index contributed by atoms with van der Waals surface area (Å²) in [7, 11) is 0. The van der Waals surface area contributed by atoms with Crippen molar-refractivity contribution >= 4 is 28.5 Å². The van der Waals surface area contributed by atoms with Crippen molar-refractivity contribution in [2.75, 3.05) is 5.73 Å². The third-order valence-electron chi connectivity index (χ3n) is 2.81. The molecule has 94 valence electrons. The van der Waals surface area contributed by atoms with Crippen molar-refractivity contribution in [3.8, 4) is 0 Å². The van der Waals surface area contributed by atoms with Crippen molar-refractivity contribution in [2.45, 2.75) is 17.0 Å². The van der Waals surface area contributed by atoms with Gasteiger partial charge in [-0.2, -0.15) is 0 Å². The second-order valence-corrected chi connectivity index (χ2v) is 5.37. The highest BCUT2D eigenvalue weighted by molar-refractivity contribution is 7.99. The number of benzene rings is 2. The van der Waals surface area contributed by atoms with Gasteiger partial charge in [-0.15, -0.1) is 0 Å². The molecule has 0 amide bonds. The molecular weight excluding hydrogens is 254 g/mol. The number of anilines is 1. The maximum atomic E-state index is 5.98. The average Bonchev–Trinajstić information content (AvgIpc) is 2.39. The summed E-state index contributed by atoms with van der Waals surface area (Å²) in [6.07, 6.45) is 0. The largest absolute Gasteiger partial charge is 0.383 e. The Hall–Kier alpha value is -2.07. The average molecular weight is 267 g/mol. The molecular formula is C15H13N3S. The van der Waals surface area contributed by atoms with E-state index in [0.29, 0.717) is 11.0 Å². The lowest BCUT2D eigenvalue weighted by molar-refractivity contribution is 1.01. The fourth-order valence-corrected chi connectivity index (χ4v) is 2.80. The van der Waals surface area contributed by atoms with Gasteiger partial charge in [0.15, 0.2) is 5.16 Å². The Bertz CT molecular complexity index is 740. The summed E-state index contributed by atoms with van der Waals surface area (Å²) in [5, 5.41) is 1.58. The number of nitrogens with two attached hydrogens (primary N) is 1. The zero-order valence-corrected chi connectivity index (χ0v) is 11.3. The molecule has 2 aromatic carbocycles. The van der Waals surface area contributed by atoms with Crippen LogP contribution < -0.4 is 5.73 Å². The van der Waals surface area contributed by atoms with Crippen molar-refractivity contribution in [3.63, 3.8) is 0 Å². The summed E-state index contributed by atoms with van der Waals surface area (Å²) in [5.41, 5.74) is 8.08. The molecule has 0 saturated heterocycles. The van der Waals surface area contributed by atoms with E-state index in [9.17, 15) is 0 Å². The first kappa shape index (κ1) is 12.0. The molecule has 19 heavy (non-hydrogen) atoms. The van der Waals surface area contributed by atoms with E-state index >= 15 is 0 Å². The number of nitrogens with zero attached hydrogens (tertiary/aromatic N) is 2. The molecule has 3 rings (SSSR count). The lowest BCUT2D eigenvalue weighted by Crippen LogP contribution is -1.96. The van der Waals surface area contributed by atoms with Crippen molar-refractivity contribution in [3.05, 3.63) is 54.1 Å². The van der Waals surface area contributed by atoms with Gasteiger partial charge in [-0.3, -0.25) is 0 Å². The van der Waals surface area contributed by atoms with Crippen LogP contribution in [0.25, 0.3) is 10.9 Å². The number of para-hydroxylation sites is 1. The van der Waals surface area contributed by atoms with Crippen LogP contribution in [0.1, 0.15) is 5.56 Å². The number of aromatic nitrogens is 2. The molecule has 4 heteroatoms. The van der Waals surface area contributed by atoms with Crippen LogP contribution in [-0.4, -0.2) is 9.97 Å². The highest BCUT2D eigenvalue weighted by Gasteiger charge is 2.06. The molecule has 0 spiro atoms. The smallest absolute Gasteiger partial charge is 0.194 e. The molecule has 0 unspecified atom stereocenters. The van der Waals surface area contributed by atoms with Gasteiger partial charge < -0.3 is 5.73 Å². The molecule has 0 aliphatic rings. The summed E-state index contributed by atoms with van der Waals surface area (Å²) < 4.78 is 0. The summed E-state index contributed by atoms with van der Waals surface area (Å²) in [6.45, 7) is 2.07. The number of aryl methyl sites for hydroxylation is 1. The van der Waals surface area contributed by atoms with E-state index in [1.54, 1.807) is 0 Å². The molecule has 0 radical (unpaired) electrons. The monoisotopic (exact) mass is 267 g/mol. The quantitative estimate of drug-likeness (QED) is 0.720. The lowest BCUT2D eigenvalue weighted by Gasteiger charge is -2.05. The number of hydrogen-bond acceptors (Lipinski definition) is 4. The zero-order chi connectivity index (χ0) is 13.2. The van der Waals surface area contributed by atoms with Crippen LogP contribution in [0.15, 0.2) is 58.6 Å². The Morgan fingerprint density at radius 1 is 1.00 bits per heavy atom. The van der Waals surface area contributed by atoms with Gasteiger partial charge in [-0.1, -0.05) is 29.8 Å². The Kier molecular flexibility index (Phi) is 3.09. The standard InChI is InChI=1S/C15H13N3S/c1-10-5-4-6-11(9-10)19-15-17-13-8-3-2-7-12(13)14(16)18-15/h2-9H,1H3,(H2,16,17,18). The van der Waals surface area contributed by atoms with Gasteiger partial charge in [0, 0.05) is 10.3 Å². The Morgan fingerprint density at radius 2 is 1.84 bits per heavy atom. The second-order valence-electron chi connectivity index (χ2n) is 4.33. The van der Waals surface area contributed by atoms with E-state index in [1.807, 2.05) is 36.4 Å². The van der Waals surface area contributed by atoms with E-state index in [-0.39, 0.29) is 0 Å². The predicted octanol–water partition coefficient (Wildman–Crippen LogP) is 3.67. The Morgan fingerprint density at radius 3 is 2.68 bits per heavy atom. The van der Waals surface area contributed by atoms with Gasteiger partial charge in [0.2, 0.25) is 0 Å². The molecule has 3 aromatic rings. The van der Waals surface area contributed by atoms with Gasteiger partial charge in [-0.05, 0) is 43.0 Å². The molecule has 3 nitrogen and oxygen atoms in total. The highest BCUT2D eigenvalue weighted by Crippen LogP contribution is 2.28. The molecule has 0 saturated carbocycles. The number of hydrogen-bond donors (Lipinski definition) is 1. The molecule has 2 N–H and O–H groups in total. The minimum atomic E-state index is 0.528. The zero-order valence-electron chi connectivity index (χ0n) is 10.5. The third kappa shape index (κ3) is 2.53. The van der Waals surface area contributed by atoms with Crippen LogP contribution in [-0.2, 0) is 0 Å². The lowest BCUT2D eigenvalue weighted by atomic mass is 10.2. The summed E-state index contributed by atoms with van der Waals surface area (Å²) in [5.74, 6) is 0.528. The third-order valence-corrected chi connectivity index (χ3v) is 3.67. The summed E-state index contributed by atoms with van der Waals surface area (Å²) >= 11 is 1.53. The van der Waals surface area contributed by atoms with Crippen molar-refractivity contribution in [1.82, 2.24) is 9.97 Å². The maximum Gasteiger partial charge on any atom is 0.194 e. The predicted molar refractivity (Wildman–Crippen MR) is 79.3 cm³/mol. The fourth-order valence-electron chi connectivity index (χ4n) is 1.91. The van der Waals surface area contributed by atoms with E-state index in [4.69, 9.17) is 5.73 Å². The summed E-state index contributed by atoms with van der Waals surface area (Å²) in [4.78, 5) is 10.0. The highest BCUT2D eigenvalue weighted by atomic mass is 32.2. The van der Waals surface area contributed by atoms with Gasteiger partial charge in [0.05, 0.1) is 5.52 Å². The van der Waals surface area contributed by atoms with Gasteiger partial charge in [-0.25, -0.2) is 9.97 Å². The molecule has 0 bridgehead atoms. The first-order valence-electron chi connectivity index (χ1n) is 5.99. The molecule has 0 aliphatic heterocycles. The van der Waals surface area contributed by atoms with E-state index in [2.05, 4.69) is 29.0 Å². The summed E-state index contributed by atoms with van der Waals surface area (Å²) in [6, 6.07) is 16.0. The van der Waals surface area contributed by atoms with E-state index in [0.717, 1.165) is 15.8 Å². The molecule has 0 atom stereocenters. The molecule has 0 aliphatic carbocycles. The van der Waals surface area contributed by atoms with Crippen LogP contribution in [0.4, 0.5) is 5.82 Å². The van der Waals surface area contributed by atoms with Crippen LogP contribution in [0, 0.1) is 6.92 Å². The van der Waals surface area contributed by atoms with Crippen molar-refractivity contribution in [1.29, 1.82) is 0 Å². The second kappa shape index (κ2) is 4.90. The van der Waals surface area contributed by atoms with E-state index in [1.165, 1.54) is 17.3 Å². The number of fused-ring (bicyclic) bond motifs is 1. The van der Waals surface area contributed by atoms with Crippen LogP contribution >= 0.6 is 11.8 Å².